The Balaban J connectivity index is 1.78. The first-order valence-corrected chi connectivity index (χ1v) is 6.33. The Kier molecular flexibility index (Phi) is 3.93. The summed E-state index contributed by atoms with van der Waals surface area (Å²) in [6.07, 6.45) is 8.61. The first-order valence-electron chi connectivity index (χ1n) is 6.33. The third-order valence-electron chi connectivity index (χ3n) is 3.74. The molecule has 0 spiro atoms. The van der Waals surface area contributed by atoms with Crippen molar-refractivity contribution in [1.29, 1.82) is 0 Å². The first kappa shape index (κ1) is 11.6. The largest absolute Gasteiger partial charge is 0.307 e. The van der Waals surface area contributed by atoms with Crippen molar-refractivity contribution in [2.45, 2.75) is 51.6 Å². The molecule has 1 heterocycles. The van der Waals surface area contributed by atoms with E-state index in [1.54, 1.807) is 6.33 Å². The average molecular weight is 222 g/mol. The van der Waals surface area contributed by atoms with Crippen LogP contribution < -0.4 is 5.32 Å². The molecule has 1 aromatic heterocycles. The summed E-state index contributed by atoms with van der Waals surface area (Å²) >= 11 is 0. The van der Waals surface area contributed by atoms with Crippen molar-refractivity contribution < 1.29 is 0 Å². The predicted molar refractivity (Wildman–Crippen MR) is 63.9 cm³/mol. The highest BCUT2D eigenvalue weighted by Gasteiger charge is 2.19. The molecule has 0 unspecified atom stereocenters. The molecule has 4 nitrogen and oxygen atoms in total. The zero-order valence-electron chi connectivity index (χ0n) is 10.3. The Morgan fingerprint density at radius 1 is 1.44 bits per heavy atom. The molecule has 90 valence electrons. The monoisotopic (exact) mass is 222 g/mol. The van der Waals surface area contributed by atoms with Crippen LogP contribution in [0.5, 0.6) is 0 Å². The van der Waals surface area contributed by atoms with Crippen molar-refractivity contribution >= 4 is 0 Å². The van der Waals surface area contributed by atoms with Gasteiger partial charge in [0.1, 0.15) is 12.2 Å². The van der Waals surface area contributed by atoms with Gasteiger partial charge in [0, 0.05) is 13.1 Å². The van der Waals surface area contributed by atoms with Crippen molar-refractivity contribution in [3.8, 4) is 0 Å². The molecule has 1 atom stereocenters. The van der Waals surface area contributed by atoms with Crippen LogP contribution in [0, 0.1) is 5.92 Å². The van der Waals surface area contributed by atoms with Crippen LogP contribution in [0.15, 0.2) is 6.33 Å². The lowest BCUT2D eigenvalue weighted by Gasteiger charge is -2.28. The fourth-order valence-corrected chi connectivity index (χ4v) is 2.53. The number of nitrogens with zero attached hydrogens (tertiary/aromatic N) is 3. The summed E-state index contributed by atoms with van der Waals surface area (Å²) in [7, 11) is 1.94. The van der Waals surface area contributed by atoms with Crippen LogP contribution in [0.1, 0.15) is 44.9 Å². The van der Waals surface area contributed by atoms with E-state index in [9.17, 15) is 0 Å². The van der Waals surface area contributed by atoms with Crippen molar-refractivity contribution in [1.82, 2.24) is 20.1 Å². The van der Waals surface area contributed by atoms with Crippen molar-refractivity contribution in [3.05, 3.63) is 12.2 Å². The molecule has 0 aliphatic heterocycles. The fraction of sp³-hybridized carbons (Fsp3) is 0.833. The molecule has 0 amide bonds. The number of hydrogen-bond acceptors (Lipinski definition) is 3. The molecular formula is C12H22N4. The molecule has 1 N–H and O–H groups in total. The number of nitrogens with one attached hydrogen (secondary N) is 1. The lowest BCUT2D eigenvalue weighted by Crippen LogP contribution is -2.34. The fourth-order valence-electron chi connectivity index (χ4n) is 2.53. The van der Waals surface area contributed by atoms with Gasteiger partial charge in [-0.2, -0.15) is 5.10 Å². The average Bonchev–Trinajstić information content (AvgIpc) is 2.73. The van der Waals surface area contributed by atoms with E-state index in [1.807, 2.05) is 11.7 Å². The Morgan fingerprint density at radius 3 is 2.81 bits per heavy atom. The minimum absolute atomic E-state index is 0.594. The molecule has 0 bridgehead atoms. The van der Waals surface area contributed by atoms with E-state index in [2.05, 4.69) is 22.3 Å². The summed E-state index contributed by atoms with van der Waals surface area (Å²) in [4.78, 5) is 4.22. The summed E-state index contributed by atoms with van der Waals surface area (Å²) in [5, 5.41) is 7.64. The van der Waals surface area contributed by atoms with Crippen molar-refractivity contribution in [2.24, 2.45) is 13.0 Å². The quantitative estimate of drug-likeness (QED) is 0.845. The standard InChI is InChI=1S/C12H22N4/c1-10(11-6-4-3-5-7-11)13-8-12-14-9-15-16(12)2/h9-11,13H,3-8H2,1-2H3/t10-/m0/s1. The van der Waals surface area contributed by atoms with Gasteiger partial charge < -0.3 is 5.32 Å². The first-order chi connectivity index (χ1) is 7.77. The number of aromatic nitrogens is 3. The normalized spacial score (nSPS) is 19.9. The minimum atomic E-state index is 0.594. The molecule has 0 saturated heterocycles. The van der Waals surface area contributed by atoms with Crippen LogP contribution in [0.3, 0.4) is 0 Å². The Bertz CT molecular complexity index is 315. The van der Waals surface area contributed by atoms with Gasteiger partial charge >= 0.3 is 0 Å². The van der Waals surface area contributed by atoms with Crippen LogP contribution in [0.4, 0.5) is 0 Å². The number of aryl methyl sites for hydroxylation is 1. The summed E-state index contributed by atoms with van der Waals surface area (Å²) in [6, 6.07) is 0.594. The third kappa shape index (κ3) is 2.82. The van der Waals surface area contributed by atoms with Crippen LogP contribution in [-0.4, -0.2) is 20.8 Å². The lowest BCUT2D eigenvalue weighted by atomic mass is 9.84. The smallest absolute Gasteiger partial charge is 0.140 e. The minimum Gasteiger partial charge on any atom is -0.307 e. The second kappa shape index (κ2) is 5.43. The van der Waals surface area contributed by atoms with E-state index in [1.165, 1.54) is 32.1 Å². The van der Waals surface area contributed by atoms with Crippen LogP contribution in [0.25, 0.3) is 0 Å². The Hall–Kier alpha value is -0.900. The van der Waals surface area contributed by atoms with E-state index in [4.69, 9.17) is 0 Å². The van der Waals surface area contributed by atoms with Gasteiger partial charge in [0.05, 0.1) is 6.54 Å². The molecule has 1 aliphatic rings. The van der Waals surface area contributed by atoms with Crippen molar-refractivity contribution in [2.75, 3.05) is 0 Å². The topological polar surface area (TPSA) is 42.7 Å². The second-order valence-electron chi connectivity index (χ2n) is 4.87. The lowest BCUT2D eigenvalue weighted by molar-refractivity contribution is 0.278. The molecule has 2 rings (SSSR count). The van der Waals surface area contributed by atoms with E-state index in [0.717, 1.165) is 18.3 Å². The van der Waals surface area contributed by atoms with Gasteiger partial charge in [0.25, 0.3) is 0 Å². The van der Waals surface area contributed by atoms with E-state index in [-0.39, 0.29) is 0 Å². The summed E-state index contributed by atoms with van der Waals surface area (Å²) in [5.74, 6) is 1.87. The van der Waals surface area contributed by atoms with Gasteiger partial charge in [0.2, 0.25) is 0 Å². The Labute approximate surface area is 97.5 Å². The van der Waals surface area contributed by atoms with Gasteiger partial charge in [0.15, 0.2) is 0 Å². The Morgan fingerprint density at radius 2 is 2.19 bits per heavy atom. The van der Waals surface area contributed by atoms with Gasteiger partial charge in [-0.25, -0.2) is 4.98 Å². The van der Waals surface area contributed by atoms with E-state index < -0.39 is 0 Å². The third-order valence-corrected chi connectivity index (χ3v) is 3.74. The maximum Gasteiger partial charge on any atom is 0.140 e. The van der Waals surface area contributed by atoms with Gasteiger partial charge in [-0.3, -0.25) is 4.68 Å². The molecule has 0 radical (unpaired) electrons. The van der Waals surface area contributed by atoms with Crippen LogP contribution in [-0.2, 0) is 13.6 Å². The highest BCUT2D eigenvalue weighted by molar-refractivity contribution is 4.84. The zero-order chi connectivity index (χ0) is 11.4. The zero-order valence-corrected chi connectivity index (χ0v) is 10.3. The summed E-state index contributed by atoms with van der Waals surface area (Å²) in [5.41, 5.74) is 0. The van der Waals surface area contributed by atoms with E-state index >= 15 is 0 Å². The van der Waals surface area contributed by atoms with E-state index in [0.29, 0.717) is 6.04 Å². The molecule has 16 heavy (non-hydrogen) atoms. The van der Waals surface area contributed by atoms with Gasteiger partial charge in [-0.15, -0.1) is 0 Å². The van der Waals surface area contributed by atoms with Gasteiger partial charge in [-0.05, 0) is 25.7 Å². The number of hydrogen-bond donors (Lipinski definition) is 1. The van der Waals surface area contributed by atoms with Gasteiger partial charge in [-0.1, -0.05) is 19.3 Å². The molecule has 0 aromatic carbocycles. The van der Waals surface area contributed by atoms with Crippen molar-refractivity contribution in [3.63, 3.8) is 0 Å². The maximum atomic E-state index is 4.22. The predicted octanol–water partition coefficient (Wildman–Crippen LogP) is 1.87. The molecule has 1 aromatic rings. The highest BCUT2D eigenvalue weighted by Crippen LogP contribution is 2.26. The molecule has 1 aliphatic carbocycles. The second-order valence-corrected chi connectivity index (χ2v) is 4.87. The molecule has 1 saturated carbocycles. The summed E-state index contributed by atoms with van der Waals surface area (Å²) in [6.45, 7) is 3.13. The van der Waals surface area contributed by atoms with Crippen LogP contribution >= 0.6 is 0 Å². The van der Waals surface area contributed by atoms with Crippen LogP contribution in [0.2, 0.25) is 0 Å². The maximum absolute atomic E-state index is 4.22. The molecular weight excluding hydrogens is 200 g/mol. The summed E-state index contributed by atoms with van der Waals surface area (Å²) < 4.78 is 1.83. The highest BCUT2D eigenvalue weighted by atomic mass is 15.3. The number of rotatable bonds is 4. The molecule has 1 fully saturated rings. The SMILES string of the molecule is C[C@H](NCc1ncnn1C)C1CCCCC1. The molecule has 4 heteroatoms.